The lowest BCUT2D eigenvalue weighted by atomic mass is 9.93. The number of carbonyl (C=O) groups excluding carboxylic acids is 1. The summed E-state index contributed by atoms with van der Waals surface area (Å²) in [6, 6.07) is 6.84. The molecule has 1 aliphatic heterocycles. The lowest BCUT2D eigenvalue weighted by molar-refractivity contribution is -0.125. The molecule has 2 rings (SSSR count). The SMILES string of the molecule is CCNC(=NCC(C)(C)C(N)=O)N1CCN(c2ccccc2F)CC1.I. The fourth-order valence-corrected chi connectivity index (χ4v) is 2.64. The highest BCUT2D eigenvalue weighted by molar-refractivity contribution is 14.0. The summed E-state index contributed by atoms with van der Waals surface area (Å²) in [4.78, 5) is 20.2. The Morgan fingerprint density at radius 3 is 2.42 bits per heavy atom. The van der Waals surface area contributed by atoms with E-state index in [1.54, 1.807) is 26.0 Å². The summed E-state index contributed by atoms with van der Waals surface area (Å²) in [5.41, 5.74) is 5.37. The Bertz CT molecular complexity index is 630. The van der Waals surface area contributed by atoms with Crippen LogP contribution < -0.4 is 16.0 Å². The lowest BCUT2D eigenvalue weighted by Crippen LogP contribution is -2.53. The van der Waals surface area contributed by atoms with Gasteiger partial charge >= 0.3 is 0 Å². The Labute approximate surface area is 172 Å². The molecule has 0 aliphatic carbocycles. The molecule has 0 saturated carbocycles. The van der Waals surface area contributed by atoms with E-state index in [2.05, 4.69) is 15.2 Å². The van der Waals surface area contributed by atoms with Crippen molar-refractivity contribution in [3.8, 4) is 0 Å². The van der Waals surface area contributed by atoms with Gasteiger partial charge in [-0.15, -0.1) is 24.0 Å². The Kier molecular flexibility index (Phi) is 8.58. The molecule has 1 aromatic carbocycles. The fourth-order valence-electron chi connectivity index (χ4n) is 2.64. The number of para-hydroxylation sites is 1. The van der Waals surface area contributed by atoms with E-state index in [1.165, 1.54) is 6.07 Å². The number of primary amides is 1. The summed E-state index contributed by atoms with van der Waals surface area (Å²) < 4.78 is 13.9. The number of piperazine rings is 1. The maximum Gasteiger partial charge on any atom is 0.224 e. The number of carbonyl (C=O) groups is 1. The van der Waals surface area contributed by atoms with Gasteiger partial charge in [0.1, 0.15) is 5.82 Å². The minimum Gasteiger partial charge on any atom is -0.369 e. The van der Waals surface area contributed by atoms with Crippen LogP contribution in [-0.4, -0.2) is 56.0 Å². The second-order valence-corrected chi connectivity index (χ2v) is 6.84. The summed E-state index contributed by atoms with van der Waals surface area (Å²) >= 11 is 0. The van der Waals surface area contributed by atoms with Crippen LogP contribution in [0.5, 0.6) is 0 Å². The highest BCUT2D eigenvalue weighted by atomic mass is 127. The molecule has 0 unspecified atom stereocenters. The average molecular weight is 477 g/mol. The van der Waals surface area contributed by atoms with Gasteiger partial charge in [0.05, 0.1) is 17.6 Å². The molecule has 1 saturated heterocycles. The smallest absolute Gasteiger partial charge is 0.224 e. The molecule has 0 bridgehead atoms. The van der Waals surface area contributed by atoms with E-state index in [1.807, 2.05) is 17.9 Å². The van der Waals surface area contributed by atoms with Gasteiger partial charge in [0.2, 0.25) is 5.91 Å². The zero-order valence-electron chi connectivity index (χ0n) is 15.7. The van der Waals surface area contributed by atoms with E-state index in [4.69, 9.17) is 5.73 Å². The number of aliphatic imine (C=N–C) groups is 1. The highest BCUT2D eigenvalue weighted by Crippen LogP contribution is 2.20. The average Bonchev–Trinajstić information content (AvgIpc) is 2.59. The van der Waals surface area contributed by atoms with Crippen molar-refractivity contribution < 1.29 is 9.18 Å². The van der Waals surface area contributed by atoms with E-state index in [0.717, 1.165) is 25.6 Å². The van der Waals surface area contributed by atoms with E-state index in [-0.39, 0.29) is 35.7 Å². The minimum atomic E-state index is -0.685. The molecule has 1 amide bonds. The zero-order valence-corrected chi connectivity index (χ0v) is 18.0. The maximum absolute atomic E-state index is 13.9. The molecule has 1 aliphatic rings. The number of nitrogens with one attached hydrogen (secondary N) is 1. The maximum atomic E-state index is 13.9. The molecule has 0 aromatic heterocycles. The summed E-state index contributed by atoms with van der Waals surface area (Å²) in [5, 5.41) is 3.26. The van der Waals surface area contributed by atoms with Gasteiger partial charge < -0.3 is 20.9 Å². The van der Waals surface area contributed by atoms with Crippen LogP contribution in [0, 0.1) is 11.2 Å². The molecular weight excluding hydrogens is 448 g/mol. The molecular formula is C18H29FIN5O. The van der Waals surface area contributed by atoms with Crippen molar-refractivity contribution >= 4 is 41.5 Å². The molecule has 0 atom stereocenters. The number of rotatable bonds is 5. The molecule has 1 heterocycles. The number of hydrogen-bond acceptors (Lipinski definition) is 3. The predicted octanol–water partition coefficient (Wildman–Crippen LogP) is 2.04. The van der Waals surface area contributed by atoms with E-state index >= 15 is 0 Å². The first-order chi connectivity index (χ1) is 11.8. The second kappa shape index (κ2) is 9.94. The van der Waals surface area contributed by atoms with Gasteiger partial charge in [-0.25, -0.2) is 4.39 Å². The highest BCUT2D eigenvalue weighted by Gasteiger charge is 2.26. The number of benzene rings is 1. The number of guanidine groups is 1. The standard InChI is InChI=1S/C18H28FN5O.HI/c1-4-21-17(22-13-18(2,3)16(20)25)24-11-9-23(10-12-24)15-8-6-5-7-14(15)19;/h5-8H,4,9-13H2,1-3H3,(H2,20,25)(H,21,22);1H. The van der Waals surface area contributed by atoms with E-state index < -0.39 is 5.41 Å². The third kappa shape index (κ3) is 5.72. The Morgan fingerprint density at radius 1 is 1.27 bits per heavy atom. The summed E-state index contributed by atoms with van der Waals surface area (Å²) in [6.07, 6.45) is 0. The Morgan fingerprint density at radius 2 is 1.88 bits per heavy atom. The zero-order chi connectivity index (χ0) is 18.4. The first kappa shape index (κ1) is 22.5. The number of amides is 1. The molecule has 146 valence electrons. The molecule has 3 N–H and O–H groups in total. The van der Waals surface area contributed by atoms with Crippen molar-refractivity contribution in [2.24, 2.45) is 16.1 Å². The van der Waals surface area contributed by atoms with Gasteiger partial charge in [-0.05, 0) is 32.9 Å². The van der Waals surface area contributed by atoms with Crippen molar-refractivity contribution in [1.82, 2.24) is 10.2 Å². The normalized spacial score (nSPS) is 15.5. The summed E-state index contributed by atoms with van der Waals surface area (Å²) in [7, 11) is 0. The largest absolute Gasteiger partial charge is 0.369 e. The molecule has 26 heavy (non-hydrogen) atoms. The van der Waals surface area contributed by atoms with Crippen molar-refractivity contribution in [1.29, 1.82) is 0 Å². The summed E-state index contributed by atoms with van der Waals surface area (Å²) in [5.74, 6) is 0.209. The van der Waals surface area contributed by atoms with Crippen LogP contribution in [0.25, 0.3) is 0 Å². The van der Waals surface area contributed by atoms with Gasteiger partial charge in [-0.3, -0.25) is 9.79 Å². The number of nitrogens with zero attached hydrogens (tertiary/aromatic N) is 3. The van der Waals surface area contributed by atoms with Gasteiger partial charge in [-0.1, -0.05) is 12.1 Å². The van der Waals surface area contributed by atoms with Gasteiger partial charge in [0.15, 0.2) is 5.96 Å². The predicted molar refractivity (Wildman–Crippen MR) is 115 cm³/mol. The lowest BCUT2D eigenvalue weighted by Gasteiger charge is -2.38. The molecule has 8 heteroatoms. The summed E-state index contributed by atoms with van der Waals surface area (Å²) in [6.45, 7) is 9.55. The van der Waals surface area contributed by atoms with Crippen LogP contribution in [0.2, 0.25) is 0 Å². The number of hydrogen-bond donors (Lipinski definition) is 2. The van der Waals surface area contributed by atoms with Crippen LogP contribution in [0.3, 0.4) is 0 Å². The number of halogens is 2. The minimum absolute atomic E-state index is 0. The van der Waals surface area contributed by atoms with E-state index in [0.29, 0.717) is 25.3 Å². The van der Waals surface area contributed by atoms with Crippen molar-refractivity contribution in [3.05, 3.63) is 30.1 Å². The Balaban J connectivity index is 0.00000338. The molecule has 1 aromatic rings. The quantitative estimate of drug-likeness (QED) is 0.387. The molecule has 0 radical (unpaired) electrons. The first-order valence-corrected chi connectivity index (χ1v) is 8.68. The molecule has 1 fully saturated rings. The van der Waals surface area contributed by atoms with Crippen LogP contribution in [-0.2, 0) is 4.79 Å². The fraction of sp³-hybridized carbons (Fsp3) is 0.556. The van der Waals surface area contributed by atoms with Gasteiger partial charge in [-0.2, -0.15) is 0 Å². The van der Waals surface area contributed by atoms with E-state index in [9.17, 15) is 9.18 Å². The van der Waals surface area contributed by atoms with Crippen LogP contribution in [0.4, 0.5) is 10.1 Å². The Hall–Kier alpha value is -1.58. The topological polar surface area (TPSA) is 74.0 Å². The molecule has 6 nitrogen and oxygen atoms in total. The second-order valence-electron chi connectivity index (χ2n) is 6.84. The van der Waals surface area contributed by atoms with Crippen LogP contribution in [0.15, 0.2) is 29.3 Å². The number of nitrogens with two attached hydrogens (primary N) is 1. The van der Waals surface area contributed by atoms with Crippen molar-refractivity contribution in [2.75, 3.05) is 44.2 Å². The molecule has 0 spiro atoms. The van der Waals surface area contributed by atoms with Crippen molar-refractivity contribution in [3.63, 3.8) is 0 Å². The number of anilines is 1. The van der Waals surface area contributed by atoms with Gasteiger partial charge in [0, 0.05) is 32.7 Å². The van der Waals surface area contributed by atoms with Crippen LogP contribution in [0.1, 0.15) is 20.8 Å². The van der Waals surface area contributed by atoms with Crippen molar-refractivity contribution in [2.45, 2.75) is 20.8 Å². The monoisotopic (exact) mass is 477 g/mol. The van der Waals surface area contributed by atoms with Crippen LogP contribution >= 0.6 is 24.0 Å². The first-order valence-electron chi connectivity index (χ1n) is 8.68. The van der Waals surface area contributed by atoms with Gasteiger partial charge in [0.25, 0.3) is 0 Å². The third-order valence-corrected chi connectivity index (χ3v) is 4.40. The third-order valence-electron chi connectivity index (χ3n) is 4.40.